The highest BCUT2D eigenvalue weighted by Crippen LogP contribution is 2.33. The largest absolute Gasteiger partial charge is 0.271 e. The van der Waals surface area contributed by atoms with Gasteiger partial charge in [-0.3, -0.25) is 11.3 Å². The highest BCUT2D eigenvalue weighted by Gasteiger charge is 2.22. The van der Waals surface area contributed by atoms with Crippen LogP contribution in [0.2, 0.25) is 5.02 Å². The van der Waals surface area contributed by atoms with Crippen molar-refractivity contribution in [3.63, 3.8) is 0 Å². The van der Waals surface area contributed by atoms with Gasteiger partial charge < -0.3 is 0 Å². The van der Waals surface area contributed by atoms with Crippen molar-refractivity contribution in [2.45, 2.75) is 26.3 Å². The first-order valence-electron chi connectivity index (χ1n) is 5.12. The number of hydrogen-bond acceptors (Lipinski definition) is 2. The summed E-state index contributed by atoms with van der Waals surface area (Å²) in [5, 5.41) is 0.0982. The molecule has 0 aliphatic heterocycles. The molecule has 0 saturated carbocycles. The van der Waals surface area contributed by atoms with Crippen LogP contribution < -0.4 is 11.3 Å². The van der Waals surface area contributed by atoms with Crippen LogP contribution in [0.1, 0.15) is 31.9 Å². The summed E-state index contributed by atoms with van der Waals surface area (Å²) in [5.41, 5.74) is 3.15. The summed E-state index contributed by atoms with van der Waals surface area (Å²) >= 11 is 9.02. The maximum Gasteiger partial charge on any atom is 0.147 e. The minimum Gasteiger partial charge on any atom is -0.271 e. The van der Waals surface area contributed by atoms with Gasteiger partial charge in [0.2, 0.25) is 0 Å². The minimum absolute atomic E-state index is 0.0982. The molecule has 0 saturated heterocycles. The summed E-state index contributed by atoms with van der Waals surface area (Å²) in [6.07, 6.45) is 0.905. The molecule has 2 unspecified atom stereocenters. The van der Waals surface area contributed by atoms with Crippen molar-refractivity contribution in [2.75, 3.05) is 0 Å². The number of hydrogen-bond donors (Lipinski definition) is 2. The summed E-state index contributed by atoms with van der Waals surface area (Å²) in [6, 6.07) is 3.20. The molecular weight excluding hydrogens is 294 g/mol. The number of nitrogens with one attached hydrogen (secondary N) is 1. The van der Waals surface area contributed by atoms with E-state index in [2.05, 4.69) is 21.4 Å². The van der Waals surface area contributed by atoms with E-state index in [4.69, 9.17) is 17.4 Å². The third-order valence-electron chi connectivity index (χ3n) is 2.79. The molecule has 2 nitrogen and oxygen atoms in total. The summed E-state index contributed by atoms with van der Waals surface area (Å²) < 4.78 is 14.5. The van der Waals surface area contributed by atoms with Crippen LogP contribution in [0.3, 0.4) is 0 Å². The van der Waals surface area contributed by atoms with E-state index >= 15 is 0 Å². The van der Waals surface area contributed by atoms with Crippen molar-refractivity contribution in [3.8, 4) is 0 Å². The summed E-state index contributed by atoms with van der Waals surface area (Å²) in [4.78, 5) is 0. The lowest BCUT2D eigenvalue weighted by molar-refractivity contribution is 0.371. The topological polar surface area (TPSA) is 38.0 Å². The molecule has 0 radical (unpaired) electrons. The number of hydrazine groups is 1. The first-order valence-corrected chi connectivity index (χ1v) is 6.29. The number of halogens is 3. The van der Waals surface area contributed by atoms with Gasteiger partial charge in [-0.05, 0) is 27.9 Å². The molecule has 90 valence electrons. The third-order valence-corrected chi connectivity index (χ3v) is 4.05. The second-order valence-corrected chi connectivity index (χ2v) is 5.03. The number of benzene rings is 1. The Morgan fingerprint density at radius 1 is 1.56 bits per heavy atom. The van der Waals surface area contributed by atoms with Gasteiger partial charge in [0.05, 0.1) is 11.1 Å². The molecule has 0 amide bonds. The molecule has 0 aliphatic carbocycles. The molecule has 3 N–H and O–H groups in total. The van der Waals surface area contributed by atoms with Gasteiger partial charge in [-0.15, -0.1) is 0 Å². The van der Waals surface area contributed by atoms with Gasteiger partial charge in [-0.2, -0.15) is 0 Å². The predicted molar refractivity (Wildman–Crippen MR) is 68.6 cm³/mol. The van der Waals surface area contributed by atoms with E-state index in [1.54, 1.807) is 12.1 Å². The Balaban J connectivity index is 3.16. The van der Waals surface area contributed by atoms with Crippen LogP contribution in [0.4, 0.5) is 4.39 Å². The maximum absolute atomic E-state index is 13.9. The van der Waals surface area contributed by atoms with Crippen molar-refractivity contribution in [2.24, 2.45) is 11.8 Å². The molecule has 0 heterocycles. The average molecular weight is 310 g/mol. The number of rotatable bonds is 4. The maximum atomic E-state index is 13.9. The van der Waals surface area contributed by atoms with Crippen LogP contribution in [0.15, 0.2) is 16.6 Å². The van der Waals surface area contributed by atoms with Gasteiger partial charge in [0.15, 0.2) is 0 Å². The van der Waals surface area contributed by atoms with Gasteiger partial charge in [0, 0.05) is 10.0 Å². The summed E-state index contributed by atoms with van der Waals surface area (Å²) in [5.74, 6) is 5.28. The van der Waals surface area contributed by atoms with Crippen LogP contribution >= 0.6 is 27.5 Å². The van der Waals surface area contributed by atoms with E-state index in [0.717, 1.165) is 6.42 Å². The molecule has 1 aromatic rings. The molecule has 0 spiro atoms. The molecule has 0 aromatic heterocycles. The molecule has 2 atom stereocenters. The highest BCUT2D eigenvalue weighted by molar-refractivity contribution is 9.10. The summed E-state index contributed by atoms with van der Waals surface area (Å²) in [7, 11) is 0. The van der Waals surface area contributed by atoms with Crippen molar-refractivity contribution in [3.05, 3.63) is 33.0 Å². The molecule has 0 bridgehead atoms. The van der Waals surface area contributed by atoms with Crippen LogP contribution in [0.25, 0.3) is 0 Å². The lowest BCUT2D eigenvalue weighted by atomic mass is 9.93. The molecular formula is C11H15BrClFN2. The van der Waals surface area contributed by atoms with Crippen molar-refractivity contribution in [1.82, 2.24) is 5.43 Å². The van der Waals surface area contributed by atoms with Crippen molar-refractivity contribution >= 4 is 27.5 Å². The van der Waals surface area contributed by atoms with Crippen LogP contribution in [0, 0.1) is 11.7 Å². The van der Waals surface area contributed by atoms with Crippen molar-refractivity contribution in [1.29, 1.82) is 0 Å². The Kier molecular flexibility index (Phi) is 5.18. The first kappa shape index (κ1) is 13.9. The van der Waals surface area contributed by atoms with E-state index in [9.17, 15) is 4.39 Å². The van der Waals surface area contributed by atoms with Gasteiger partial charge >= 0.3 is 0 Å². The smallest absolute Gasteiger partial charge is 0.147 e. The van der Waals surface area contributed by atoms with E-state index in [1.807, 2.05) is 13.8 Å². The third kappa shape index (κ3) is 2.74. The second-order valence-electron chi connectivity index (χ2n) is 3.79. The van der Waals surface area contributed by atoms with Crippen LogP contribution in [-0.4, -0.2) is 0 Å². The zero-order valence-electron chi connectivity index (χ0n) is 9.23. The Labute approximate surface area is 108 Å². The van der Waals surface area contributed by atoms with E-state index in [-0.39, 0.29) is 17.0 Å². The lowest BCUT2D eigenvalue weighted by Crippen LogP contribution is -2.33. The fraction of sp³-hybridized carbons (Fsp3) is 0.455. The lowest BCUT2D eigenvalue weighted by Gasteiger charge is -2.23. The monoisotopic (exact) mass is 308 g/mol. The van der Waals surface area contributed by atoms with Crippen LogP contribution in [0.5, 0.6) is 0 Å². The molecule has 0 aliphatic rings. The highest BCUT2D eigenvalue weighted by atomic mass is 79.9. The molecule has 1 rings (SSSR count). The average Bonchev–Trinajstić information content (AvgIpc) is 2.29. The fourth-order valence-electron chi connectivity index (χ4n) is 1.58. The van der Waals surface area contributed by atoms with E-state index < -0.39 is 5.82 Å². The molecule has 1 aromatic carbocycles. The molecule has 16 heavy (non-hydrogen) atoms. The van der Waals surface area contributed by atoms with E-state index in [0.29, 0.717) is 10.0 Å². The second kappa shape index (κ2) is 5.96. The van der Waals surface area contributed by atoms with Gasteiger partial charge in [0.1, 0.15) is 5.82 Å². The zero-order valence-corrected chi connectivity index (χ0v) is 11.6. The summed E-state index contributed by atoms with van der Waals surface area (Å²) in [6.45, 7) is 4.05. The van der Waals surface area contributed by atoms with E-state index in [1.165, 1.54) is 0 Å². The minimum atomic E-state index is -0.417. The Hall–Kier alpha value is -0.160. The quantitative estimate of drug-likeness (QED) is 0.504. The Morgan fingerprint density at radius 3 is 2.69 bits per heavy atom. The molecule has 0 fully saturated rings. The molecule has 5 heteroatoms. The fourth-order valence-corrected chi connectivity index (χ4v) is 2.06. The first-order chi connectivity index (χ1) is 7.52. The Bertz CT molecular complexity index is 373. The number of nitrogens with two attached hydrogens (primary N) is 1. The zero-order chi connectivity index (χ0) is 12.3. The normalized spacial score (nSPS) is 14.9. The predicted octanol–water partition coefficient (Wildman–Crippen LogP) is 3.79. The van der Waals surface area contributed by atoms with Gasteiger partial charge in [0.25, 0.3) is 0 Å². The standard InChI is InChI=1S/C11H15BrClFN2/c1-3-6(2)11(16-15)7-4-5-8(12)9(13)10(7)14/h4-6,11,16H,3,15H2,1-2H3. The SMILES string of the molecule is CCC(C)C(NN)c1ccc(Br)c(Cl)c1F. The van der Waals surface area contributed by atoms with Crippen LogP contribution in [-0.2, 0) is 0 Å². The Morgan fingerprint density at radius 2 is 2.19 bits per heavy atom. The van der Waals surface area contributed by atoms with Gasteiger partial charge in [-0.25, -0.2) is 4.39 Å². The van der Waals surface area contributed by atoms with Gasteiger partial charge in [-0.1, -0.05) is 37.9 Å². The van der Waals surface area contributed by atoms with Crippen molar-refractivity contribution < 1.29 is 4.39 Å².